The molecule has 1 aromatic heterocycles. The molecule has 0 unspecified atom stereocenters. The average Bonchev–Trinajstić information content (AvgIpc) is 3.20. The SMILES string of the molecule is CC(C)(C)n1nnnc1[C@H](c1ccccc1)[NH+]1CCN(c2ccccc2)CC1. The first kappa shape index (κ1) is 18.6. The Hall–Kier alpha value is -2.73. The number of rotatable bonds is 4. The van der Waals surface area contributed by atoms with E-state index in [0.29, 0.717) is 0 Å². The van der Waals surface area contributed by atoms with Gasteiger partial charge in [-0.3, -0.25) is 0 Å². The van der Waals surface area contributed by atoms with Crippen LogP contribution in [-0.2, 0) is 5.54 Å². The predicted molar refractivity (Wildman–Crippen MR) is 110 cm³/mol. The van der Waals surface area contributed by atoms with Gasteiger partial charge in [-0.25, -0.2) is 4.68 Å². The highest BCUT2D eigenvalue weighted by molar-refractivity contribution is 5.46. The molecular weight excluding hydrogens is 348 g/mol. The molecule has 28 heavy (non-hydrogen) atoms. The number of nitrogens with zero attached hydrogens (tertiary/aromatic N) is 5. The van der Waals surface area contributed by atoms with E-state index in [4.69, 9.17) is 0 Å². The van der Waals surface area contributed by atoms with Crippen LogP contribution in [0.5, 0.6) is 0 Å². The molecule has 6 heteroatoms. The van der Waals surface area contributed by atoms with E-state index >= 15 is 0 Å². The first-order chi connectivity index (χ1) is 13.5. The van der Waals surface area contributed by atoms with E-state index in [1.807, 2.05) is 4.68 Å². The Bertz CT molecular complexity index is 876. The van der Waals surface area contributed by atoms with Crippen molar-refractivity contribution in [1.82, 2.24) is 20.2 Å². The van der Waals surface area contributed by atoms with Crippen molar-refractivity contribution in [1.29, 1.82) is 0 Å². The van der Waals surface area contributed by atoms with Gasteiger partial charge in [0.05, 0.1) is 31.7 Å². The summed E-state index contributed by atoms with van der Waals surface area (Å²) in [7, 11) is 0. The van der Waals surface area contributed by atoms with Gasteiger partial charge in [-0.15, -0.1) is 5.10 Å². The Morgan fingerprint density at radius 2 is 1.50 bits per heavy atom. The van der Waals surface area contributed by atoms with Crippen LogP contribution in [0.3, 0.4) is 0 Å². The average molecular weight is 378 g/mol. The van der Waals surface area contributed by atoms with Gasteiger partial charge in [0.25, 0.3) is 0 Å². The van der Waals surface area contributed by atoms with Gasteiger partial charge in [-0.2, -0.15) is 0 Å². The molecule has 2 aromatic carbocycles. The summed E-state index contributed by atoms with van der Waals surface area (Å²) in [5, 5.41) is 12.8. The zero-order chi connectivity index (χ0) is 19.6. The molecule has 0 bridgehead atoms. The second kappa shape index (κ2) is 7.72. The molecule has 1 aliphatic rings. The van der Waals surface area contributed by atoms with Crippen LogP contribution < -0.4 is 9.80 Å². The molecule has 1 saturated heterocycles. The lowest BCUT2D eigenvalue weighted by molar-refractivity contribution is -0.927. The van der Waals surface area contributed by atoms with Crippen molar-refractivity contribution in [3.05, 3.63) is 72.1 Å². The maximum atomic E-state index is 4.48. The van der Waals surface area contributed by atoms with Gasteiger partial charge in [0.1, 0.15) is 0 Å². The van der Waals surface area contributed by atoms with Crippen molar-refractivity contribution in [2.24, 2.45) is 0 Å². The standard InChI is InChI=1S/C22H28N6/c1-22(2,3)28-21(23-24-25-28)20(18-10-6-4-7-11-18)27-16-14-26(15-17-27)19-12-8-5-9-13-19/h4-13,20H,14-17H2,1-3H3/p+1/t20-/m0/s1. The maximum absolute atomic E-state index is 4.48. The van der Waals surface area contributed by atoms with Crippen molar-refractivity contribution in [3.63, 3.8) is 0 Å². The molecule has 0 aliphatic carbocycles. The molecule has 0 saturated carbocycles. The summed E-state index contributed by atoms with van der Waals surface area (Å²) in [5.74, 6) is 0.946. The van der Waals surface area contributed by atoms with Crippen LogP contribution in [0.2, 0.25) is 0 Å². The highest BCUT2D eigenvalue weighted by Gasteiger charge is 2.36. The van der Waals surface area contributed by atoms with Gasteiger partial charge in [0.2, 0.25) is 5.82 Å². The molecule has 0 radical (unpaired) electrons. The number of para-hydroxylation sites is 1. The van der Waals surface area contributed by atoms with Gasteiger partial charge >= 0.3 is 0 Å². The van der Waals surface area contributed by atoms with Gasteiger partial charge < -0.3 is 9.80 Å². The lowest BCUT2D eigenvalue weighted by atomic mass is 10.0. The van der Waals surface area contributed by atoms with E-state index in [9.17, 15) is 0 Å². The van der Waals surface area contributed by atoms with Gasteiger partial charge in [-0.1, -0.05) is 48.5 Å². The summed E-state index contributed by atoms with van der Waals surface area (Å²) in [4.78, 5) is 3.98. The van der Waals surface area contributed by atoms with Gasteiger partial charge in [0, 0.05) is 11.3 Å². The van der Waals surface area contributed by atoms with Crippen LogP contribution in [0.4, 0.5) is 5.69 Å². The van der Waals surface area contributed by atoms with E-state index in [2.05, 4.69) is 102 Å². The number of quaternary nitrogens is 1. The monoisotopic (exact) mass is 377 g/mol. The van der Waals surface area contributed by atoms with Crippen LogP contribution in [0.25, 0.3) is 0 Å². The van der Waals surface area contributed by atoms with Crippen molar-refractivity contribution in [2.45, 2.75) is 32.4 Å². The molecule has 1 atom stereocenters. The van der Waals surface area contributed by atoms with E-state index in [-0.39, 0.29) is 11.6 Å². The quantitative estimate of drug-likeness (QED) is 0.755. The van der Waals surface area contributed by atoms with Gasteiger partial charge in [-0.05, 0) is 43.3 Å². The molecule has 146 valence electrons. The molecule has 1 aliphatic heterocycles. The third kappa shape index (κ3) is 3.78. The highest BCUT2D eigenvalue weighted by atomic mass is 15.6. The summed E-state index contributed by atoms with van der Waals surface area (Å²) in [6.45, 7) is 10.6. The molecule has 6 nitrogen and oxygen atoms in total. The summed E-state index contributed by atoms with van der Waals surface area (Å²) < 4.78 is 1.99. The third-order valence-electron chi connectivity index (χ3n) is 5.46. The Morgan fingerprint density at radius 1 is 0.893 bits per heavy atom. The predicted octanol–water partition coefficient (Wildman–Crippen LogP) is 1.92. The zero-order valence-corrected chi connectivity index (χ0v) is 16.9. The van der Waals surface area contributed by atoms with Crippen LogP contribution in [-0.4, -0.2) is 46.4 Å². The number of tetrazole rings is 1. The molecule has 0 amide bonds. The van der Waals surface area contributed by atoms with Crippen LogP contribution in [0, 0.1) is 0 Å². The smallest absolute Gasteiger partial charge is 0.214 e. The Labute approximate surface area is 166 Å². The maximum Gasteiger partial charge on any atom is 0.214 e. The summed E-state index contributed by atoms with van der Waals surface area (Å²) in [6, 6.07) is 21.5. The minimum absolute atomic E-state index is 0.133. The Kier molecular flexibility index (Phi) is 5.13. The number of benzene rings is 2. The van der Waals surface area contributed by atoms with Crippen LogP contribution >= 0.6 is 0 Å². The minimum atomic E-state index is -0.156. The molecule has 3 aromatic rings. The van der Waals surface area contributed by atoms with Crippen LogP contribution in [0.15, 0.2) is 60.7 Å². The van der Waals surface area contributed by atoms with Crippen LogP contribution in [0.1, 0.15) is 38.2 Å². The van der Waals surface area contributed by atoms with E-state index in [1.165, 1.54) is 16.2 Å². The summed E-state index contributed by atoms with van der Waals surface area (Å²) in [5.41, 5.74) is 2.42. The lowest BCUT2D eigenvalue weighted by Gasteiger charge is -2.37. The number of hydrogen-bond donors (Lipinski definition) is 1. The molecule has 1 N–H and O–H groups in total. The number of nitrogens with one attached hydrogen (secondary N) is 1. The van der Waals surface area contributed by atoms with E-state index < -0.39 is 0 Å². The fourth-order valence-corrected chi connectivity index (χ4v) is 4.04. The highest BCUT2D eigenvalue weighted by Crippen LogP contribution is 2.22. The van der Waals surface area contributed by atoms with Crippen molar-refractivity contribution >= 4 is 5.69 Å². The van der Waals surface area contributed by atoms with E-state index in [1.54, 1.807) is 0 Å². The topological polar surface area (TPSA) is 51.3 Å². The Balaban J connectivity index is 1.62. The number of anilines is 1. The minimum Gasteiger partial charge on any atom is -0.360 e. The molecular formula is C22H29N6+. The largest absolute Gasteiger partial charge is 0.360 e. The number of aromatic nitrogens is 4. The second-order valence-electron chi connectivity index (χ2n) is 8.44. The number of piperazine rings is 1. The Morgan fingerprint density at radius 3 is 2.11 bits per heavy atom. The van der Waals surface area contributed by atoms with Crippen molar-refractivity contribution in [2.75, 3.05) is 31.1 Å². The summed E-state index contributed by atoms with van der Waals surface area (Å²) in [6.07, 6.45) is 0. The van der Waals surface area contributed by atoms with Crippen molar-refractivity contribution < 1.29 is 4.90 Å². The summed E-state index contributed by atoms with van der Waals surface area (Å²) >= 11 is 0. The van der Waals surface area contributed by atoms with E-state index in [0.717, 1.165) is 32.0 Å². The van der Waals surface area contributed by atoms with Crippen molar-refractivity contribution in [3.8, 4) is 0 Å². The fraction of sp³-hybridized carbons (Fsp3) is 0.409. The zero-order valence-electron chi connectivity index (χ0n) is 16.9. The molecule has 2 heterocycles. The lowest BCUT2D eigenvalue weighted by Crippen LogP contribution is -3.15. The first-order valence-corrected chi connectivity index (χ1v) is 10.0. The molecule has 1 fully saturated rings. The normalized spacial score (nSPS) is 16.9. The second-order valence-corrected chi connectivity index (χ2v) is 8.44. The third-order valence-corrected chi connectivity index (χ3v) is 5.46. The fourth-order valence-electron chi connectivity index (χ4n) is 4.04. The molecule has 0 spiro atoms. The number of hydrogen-bond acceptors (Lipinski definition) is 4. The molecule has 4 rings (SSSR count). The first-order valence-electron chi connectivity index (χ1n) is 10.0. The van der Waals surface area contributed by atoms with Gasteiger partial charge in [0.15, 0.2) is 6.04 Å².